The molecule has 0 fully saturated rings. The van der Waals surface area contributed by atoms with Gasteiger partial charge in [-0.1, -0.05) is 23.7 Å². The molecule has 0 spiro atoms. The van der Waals surface area contributed by atoms with Gasteiger partial charge in [0.15, 0.2) is 0 Å². The average molecular weight is 421 g/mol. The van der Waals surface area contributed by atoms with Crippen molar-refractivity contribution in [3.63, 3.8) is 0 Å². The number of aryl methyl sites for hydroxylation is 1. The van der Waals surface area contributed by atoms with Crippen molar-refractivity contribution in [3.05, 3.63) is 82.4 Å². The van der Waals surface area contributed by atoms with E-state index >= 15 is 0 Å². The van der Waals surface area contributed by atoms with Crippen molar-refractivity contribution >= 4 is 46.1 Å². The maximum Gasteiger partial charge on any atom is 0.335 e. The molecule has 30 heavy (non-hydrogen) atoms. The molecule has 1 heterocycles. The second-order valence-electron chi connectivity index (χ2n) is 6.75. The van der Waals surface area contributed by atoms with E-state index in [0.29, 0.717) is 33.3 Å². The van der Waals surface area contributed by atoms with Gasteiger partial charge in [0, 0.05) is 11.3 Å². The van der Waals surface area contributed by atoms with Gasteiger partial charge >= 0.3 is 5.97 Å². The van der Waals surface area contributed by atoms with Gasteiger partial charge in [0.2, 0.25) is 11.9 Å². The number of halogens is 1. The number of imidazole rings is 1. The van der Waals surface area contributed by atoms with Crippen molar-refractivity contribution in [2.24, 2.45) is 5.73 Å². The Hall–Kier alpha value is -3.84. The Bertz CT molecular complexity index is 1280. The first kappa shape index (κ1) is 19.5. The topological polar surface area (TPSA) is 110 Å². The van der Waals surface area contributed by atoms with Crippen LogP contribution in [-0.2, 0) is 0 Å². The number of fused-ring (bicyclic) bond motifs is 1. The zero-order valence-corrected chi connectivity index (χ0v) is 16.6. The number of carboxylic acid groups (broad SMARTS) is 1. The van der Waals surface area contributed by atoms with Crippen molar-refractivity contribution in [1.29, 1.82) is 0 Å². The van der Waals surface area contributed by atoms with Crippen molar-refractivity contribution in [1.82, 2.24) is 9.55 Å². The van der Waals surface area contributed by atoms with Gasteiger partial charge in [-0.25, -0.2) is 9.78 Å². The Morgan fingerprint density at radius 1 is 1.07 bits per heavy atom. The molecule has 0 saturated carbocycles. The molecule has 0 aliphatic rings. The van der Waals surface area contributed by atoms with E-state index in [1.54, 1.807) is 36.4 Å². The third-order valence-corrected chi connectivity index (χ3v) is 5.09. The molecule has 3 aromatic carbocycles. The molecule has 0 radical (unpaired) electrons. The molecule has 8 heteroatoms. The lowest BCUT2D eigenvalue weighted by molar-refractivity contribution is 0.0696. The third-order valence-electron chi connectivity index (χ3n) is 4.77. The Labute approximate surface area is 176 Å². The SMILES string of the molecule is Cc1cccc(Cl)c1Nc1nc2cc(C(=O)O)ccc2n1-c1ccc(C(N)=O)cc1. The number of carboxylic acids is 1. The lowest BCUT2D eigenvalue weighted by atomic mass is 10.2. The van der Waals surface area contributed by atoms with Crippen molar-refractivity contribution < 1.29 is 14.7 Å². The summed E-state index contributed by atoms with van der Waals surface area (Å²) < 4.78 is 1.83. The molecule has 0 saturated heterocycles. The minimum Gasteiger partial charge on any atom is -0.478 e. The van der Waals surface area contributed by atoms with E-state index in [9.17, 15) is 14.7 Å². The number of rotatable bonds is 5. The Kier molecular flexibility index (Phi) is 4.89. The van der Waals surface area contributed by atoms with Crippen LogP contribution in [0.1, 0.15) is 26.3 Å². The molecule has 0 aliphatic carbocycles. The number of primary amides is 1. The molecule has 150 valence electrons. The van der Waals surface area contributed by atoms with Crippen LogP contribution in [0.2, 0.25) is 5.02 Å². The largest absolute Gasteiger partial charge is 0.478 e. The van der Waals surface area contributed by atoms with E-state index < -0.39 is 11.9 Å². The van der Waals surface area contributed by atoms with Crippen LogP contribution in [0.4, 0.5) is 11.6 Å². The van der Waals surface area contributed by atoms with Gasteiger partial charge in [-0.05, 0) is 61.0 Å². The lowest BCUT2D eigenvalue weighted by Gasteiger charge is -2.14. The molecule has 0 bridgehead atoms. The van der Waals surface area contributed by atoms with Crippen LogP contribution in [0.3, 0.4) is 0 Å². The Morgan fingerprint density at radius 2 is 1.77 bits per heavy atom. The first-order valence-corrected chi connectivity index (χ1v) is 9.41. The summed E-state index contributed by atoms with van der Waals surface area (Å²) in [4.78, 5) is 27.4. The summed E-state index contributed by atoms with van der Waals surface area (Å²) in [5, 5.41) is 13.1. The first-order chi connectivity index (χ1) is 14.3. The zero-order chi connectivity index (χ0) is 21.4. The normalized spacial score (nSPS) is 10.9. The van der Waals surface area contributed by atoms with Gasteiger partial charge in [-0.3, -0.25) is 9.36 Å². The molecular weight excluding hydrogens is 404 g/mol. The monoisotopic (exact) mass is 420 g/mol. The predicted octanol–water partition coefficient (Wildman–Crippen LogP) is 4.53. The maximum absolute atomic E-state index is 11.4. The molecule has 0 aliphatic heterocycles. The number of nitrogens with zero attached hydrogens (tertiary/aromatic N) is 2. The summed E-state index contributed by atoms with van der Waals surface area (Å²) in [5.41, 5.74) is 9.40. The van der Waals surface area contributed by atoms with Gasteiger partial charge in [-0.2, -0.15) is 0 Å². The van der Waals surface area contributed by atoms with E-state index in [4.69, 9.17) is 17.3 Å². The van der Waals surface area contributed by atoms with Crippen molar-refractivity contribution in [3.8, 4) is 5.69 Å². The fraction of sp³-hybridized carbons (Fsp3) is 0.0455. The molecule has 1 amide bonds. The second-order valence-corrected chi connectivity index (χ2v) is 7.15. The molecular formula is C22H17ClN4O3. The van der Waals surface area contributed by atoms with E-state index in [0.717, 1.165) is 11.3 Å². The predicted molar refractivity (Wildman–Crippen MR) is 116 cm³/mol. The standard InChI is InChI=1S/C22H17ClN4O3/c1-12-3-2-4-16(23)19(12)26-22-25-17-11-14(21(29)30)7-10-18(17)27(22)15-8-5-13(6-9-15)20(24)28/h2-11H,1H3,(H2,24,28)(H,25,26)(H,29,30). The molecule has 0 unspecified atom stereocenters. The number of para-hydroxylation sites is 1. The van der Waals surface area contributed by atoms with E-state index in [-0.39, 0.29) is 5.56 Å². The number of hydrogen-bond donors (Lipinski definition) is 3. The summed E-state index contributed by atoms with van der Waals surface area (Å²) in [5.74, 6) is -1.10. The summed E-state index contributed by atoms with van der Waals surface area (Å²) in [6.07, 6.45) is 0. The van der Waals surface area contributed by atoms with Crippen LogP contribution in [0.5, 0.6) is 0 Å². The van der Waals surface area contributed by atoms with Gasteiger partial charge in [0.1, 0.15) is 0 Å². The van der Waals surface area contributed by atoms with Crippen LogP contribution < -0.4 is 11.1 Å². The number of anilines is 2. The summed E-state index contributed by atoms with van der Waals surface area (Å²) >= 11 is 6.37. The molecule has 1 aromatic heterocycles. The summed E-state index contributed by atoms with van der Waals surface area (Å²) in [6, 6.07) is 17.0. The van der Waals surface area contributed by atoms with Crippen molar-refractivity contribution in [2.45, 2.75) is 6.92 Å². The zero-order valence-electron chi connectivity index (χ0n) is 15.9. The van der Waals surface area contributed by atoms with Gasteiger partial charge in [0.25, 0.3) is 0 Å². The number of nitrogens with one attached hydrogen (secondary N) is 1. The van der Waals surface area contributed by atoms with Gasteiger partial charge in [-0.15, -0.1) is 0 Å². The highest BCUT2D eigenvalue weighted by molar-refractivity contribution is 6.33. The average Bonchev–Trinajstić information content (AvgIpc) is 3.08. The number of amides is 1. The summed E-state index contributed by atoms with van der Waals surface area (Å²) in [6.45, 7) is 1.92. The number of carbonyl (C=O) groups excluding carboxylic acids is 1. The van der Waals surface area contributed by atoms with Crippen LogP contribution in [0.25, 0.3) is 16.7 Å². The smallest absolute Gasteiger partial charge is 0.335 e. The number of nitrogens with two attached hydrogens (primary N) is 1. The van der Waals surface area contributed by atoms with Crippen molar-refractivity contribution in [2.75, 3.05) is 5.32 Å². The number of aromatic carboxylic acids is 1. The Morgan fingerprint density at radius 3 is 2.40 bits per heavy atom. The maximum atomic E-state index is 11.4. The number of benzene rings is 3. The minimum atomic E-state index is -1.03. The minimum absolute atomic E-state index is 0.136. The van der Waals surface area contributed by atoms with E-state index in [2.05, 4.69) is 10.3 Å². The fourth-order valence-corrected chi connectivity index (χ4v) is 3.50. The highest BCUT2D eigenvalue weighted by Crippen LogP contribution is 2.32. The highest BCUT2D eigenvalue weighted by Gasteiger charge is 2.17. The number of hydrogen-bond acceptors (Lipinski definition) is 4. The number of aromatic nitrogens is 2. The van der Waals surface area contributed by atoms with Crippen LogP contribution in [-0.4, -0.2) is 26.5 Å². The molecule has 0 atom stereocenters. The summed E-state index contributed by atoms with van der Waals surface area (Å²) in [7, 11) is 0. The number of carbonyl (C=O) groups is 2. The second kappa shape index (κ2) is 7.53. The quantitative estimate of drug-likeness (QED) is 0.439. The Balaban J connectivity index is 1.92. The molecule has 7 nitrogen and oxygen atoms in total. The lowest BCUT2D eigenvalue weighted by Crippen LogP contribution is -2.11. The van der Waals surface area contributed by atoms with Crippen LogP contribution in [0, 0.1) is 6.92 Å². The van der Waals surface area contributed by atoms with E-state index in [1.165, 1.54) is 12.1 Å². The molecule has 4 aromatic rings. The van der Waals surface area contributed by atoms with Gasteiger partial charge < -0.3 is 16.2 Å². The van der Waals surface area contributed by atoms with E-state index in [1.807, 2.05) is 23.6 Å². The highest BCUT2D eigenvalue weighted by atomic mass is 35.5. The molecule has 4 N–H and O–H groups in total. The van der Waals surface area contributed by atoms with Gasteiger partial charge in [0.05, 0.1) is 27.3 Å². The third kappa shape index (κ3) is 3.46. The molecule has 4 rings (SSSR count). The fourth-order valence-electron chi connectivity index (χ4n) is 3.24. The van der Waals surface area contributed by atoms with Crippen LogP contribution >= 0.6 is 11.6 Å². The first-order valence-electron chi connectivity index (χ1n) is 9.03. The van der Waals surface area contributed by atoms with Crippen LogP contribution in [0.15, 0.2) is 60.7 Å².